The second-order valence-corrected chi connectivity index (χ2v) is 4.55. The average molecular weight is 309 g/mol. The molecule has 2 N–H and O–H groups in total. The molecule has 1 heterocycles. The van der Waals surface area contributed by atoms with Gasteiger partial charge in [-0.3, -0.25) is 9.69 Å². The number of hydrogen-bond acceptors (Lipinski definition) is 3. The quantitative estimate of drug-likeness (QED) is 0.928. The Kier molecular flexibility index (Phi) is 4.16. The van der Waals surface area contributed by atoms with Gasteiger partial charge >= 0.3 is 0 Å². The van der Waals surface area contributed by atoms with Gasteiger partial charge in [0.25, 0.3) is 5.91 Å². The molecule has 1 aliphatic heterocycles. The number of ether oxygens (including phenoxy) is 1. The molecule has 0 bridgehead atoms. The molecular weight excluding hydrogens is 295 g/mol. The minimum absolute atomic E-state index is 0. The fourth-order valence-electron chi connectivity index (χ4n) is 2.35. The number of fused-ring (bicyclic) bond motifs is 1. The molecule has 110 valence electrons. The number of halogens is 2. The van der Waals surface area contributed by atoms with E-state index in [0.717, 1.165) is 5.56 Å². The van der Waals surface area contributed by atoms with Crippen molar-refractivity contribution in [3.8, 4) is 5.75 Å². The third kappa shape index (κ3) is 2.46. The van der Waals surface area contributed by atoms with Gasteiger partial charge in [0.05, 0.1) is 12.8 Å². The fourth-order valence-corrected chi connectivity index (χ4v) is 2.35. The molecular formula is C15H14ClFN2O2. The first-order valence-electron chi connectivity index (χ1n) is 6.15. The van der Waals surface area contributed by atoms with Gasteiger partial charge in [0, 0.05) is 17.3 Å². The van der Waals surface area contributed by atoms with E-state index in [2.05, 4.69) is 0 Å². The molecule has 0 spiro atoms. The van der Waals surface area contributed by atoms with Crippen molar-refractivity contribution in [2.45, 2.75) is 6.04 Å². The first kappa shape index (κ1) is 15.3. The molecule has 1 amide bonds. The largest absolute Gasteiger partial charge is 0.497 e. The summed E-state index contributed by atoms with van der Waals surface area (Å²) in [7, 11) is 1.56. The molecule has 6 heteroatoms. The fraction of sp³-hybridized carbons (Fsp3) is 0.133. The highest BCUT2D eigenvalue weighted by Crippen LogP contribution is 2.41. The zero-order valence-electron chi connectivity index (χ0n) is 11.2. The molecule has 1 aliphatic rings. The molecule has 1 atom stereocenters. The van der Waals surface area contributed by atoms with E-state index in [4.69, 9.17) is 10.5 Å². The summed E-state index contributed by atoms with van der Waals surface area (Å²) >= 11 is 0. The van der Waals surface area contributed by atoms with Crippen LogP contribution in [-0.4, -0.2) is 13.0 Å². The maximum Gasteiger partial charge on any atom is 0.253 e. The van der Waals surface area contributed by atoms with Gasteiger partial charge in [0.2, 0.25) is 0 Å². The van der Waals surface area contributed by atoms with Gasteiger partial charge in [-0.25, -0.2) is 4.39 Å². The Hall–Kier alpha value is -2.11. The molecule has 0 fully saturated rings. The van der Waals surface area contributed by atoms with Crippen LogP contribution in [0.3, 0.4) is 0 Å². The molecule has 0 radical (unpaired) electrons. The van der Waals surface area contributed by atoms with Crippen molar-refractivity contribution in [3.05, 3.63) is 53.8 Å². The van der Waals surface area contributed by atoms with Crippen molar-refractivity contribution < 1.29 is 13.9 Å². The minimum Gasteiger partial charge on any atom is -0.497 e. The van der Waals surface area contributed by atoms with Crippen molar-refractivity contribution in [2.24, 2.45) is 5.73 Å². The lowest BCUT2D eigenvalue weighted by atomic mass is 10.1. The van der Waals surface area contributed by atoms with Crippen molar-refractivity contribution in [3.63, 3.8) is 0 Å². The van der Waals surface area contributed by atoms with Crippen LogP contribution in [-0.2, 0) is 4.79 Å². The Balaban J connectivity index is 0.00000161. The van der Waals surface area contributed by atoms with E-state index in [1.165, 1.54) is 17.0 Å². The summed E-state index contributed by atoms with van der Waals surface area (Å²) in [5, 5.41) is 0. The Morgan fingerprint density at radius 3 is 2.48 bits per heavy atom. The molecule has 3 rings (SSSR count). The van der Waals surface area contributed by atoms with Gasteiger partial charge in [0.1, 0.15) is 17.6 Å². The smallest absolute Gasteiger partial charge is 0.253 e. The molecule has 0 aromatic heterocycles. The number of anilines is 2. The molecule has 2 aromatic rings. The summed E-state index contributed by atoms with van der Waals surface area (Å²) in [4.78, 5) is 13.8. The summed E-state index contributed by atoms with van der Waals surface area (Å²) in [6.07, 6.45) is 0. The van der Waals surface area contributed by atoms with Crippen molar-refractivity contribution in [1.82, 2.24) is 0 Å². The van der Waals surface area contributed by atoms with Crippen LogP contribution in [0.4, 0.5) is 15.8 Å². The van der Waals surface area contributed by atoms with Crippen LogP contribution >= 0.6 is 12.4 Å². The number of amides is 1. The zero-order chi connectivity index (χ0) is 14.3. The lowest BCUT2D eigenvalue weighted by Gasteiger charge is -2.18. The van der Waals surface area contributed by atoms with Crippen LogP contribution in [0.1, 0.15) is 11.6 Å². The number of nitrogens with two attached hydrogens (primary N) is 1. The number of hydrogen-bond donors (Lipinski definition) is 1. The standard InChI is InChI=1S/C15H13FN2O2.ClH/c1-20-11-6-7-12-13(8-11)18(15(19)14(12)17)10-4-2-9(16)3-5-10;/h2-8,14H,17H2,1H3;1H. The summed E-state index contributed by atoms with van der Waals surface area (Å²) in [5.41, 5.74) is 7.93. The zero-order valence-corrected chi connectivity index (χ0v) is 12.1. The number of benzene rings is 2. The molecule has 0 saturated heterocycles. The van der Waals surface area contributed by atoms with Gasteiger partial charge in [-0.15, -0.1) is 12.4 Å². The second kappa shape index (κ2) is 5.71. The Morgan fingerprint density at radius 2 is 1.86 bits per heavy atom. The molecule has 2 aromatic carbocycles. The lowest BCUT2D eigenvalue weighted by Crippen LogP contribution is -2.27. The number of methoxy groups -OCH3 is 1. The van der Waals surface area contributed by atoms with Gasteiger partial charge in [-0.1, -0.05) is 6.07 Å². The summed E-state index contributed by atoms with van der Waals surface area (Å²) < 4.78 is 18.2. The second-order valence-electron chi connectivity index (χ2n) is 4.55. The Bertz CT molecular complexity index is 676. The highest BCUT2D eigenvalue weighted by Gasteiger charge is 2.36. The predicted octanol–water partition coefficient (Wildman–Crippen LogP) is 2.93. The summed E-state index contributed by atoms with van der Waals surface area (Å²) in [6, 6.07) is 10.3. The van der Waals surface area contributed by atoms with Crippen LogP contribution in [0, 0.1) is 5.82 Å². The SMILES string of the molecule is COc1ccc2c(c1)N(c1ccc(F)cc1)C(=O)C2N.Cl. The summed E-state index contributed by atoms with van der Waals surface area (Å²) in [6.45, 7) is 0. The Labute approximate surface area is 127 Å². The first-order valence-corrected chi connectivity index (χ1v) is 6.15. The Morgan fingerprint density at radius 1 is 1.19 bits per heavy atom. The van der Waals surface area contributed by atoms with Crippen LogP contribution < -0.4 is 15.4 Å². The highest BCUT2D eigenvalue weighted by atomic mass is 35.5. The number of nitrogens with zero attached hydrogens (tertiary/aromatic N) is 1. The highest BCUT2D eigenvalue weighted by molar-refractivity contribution is 6.10. The number of carbonyl (C=O) groups excluding carboxylic acids is 1. The van der Waals surface area contributed by atoms with Gasteiger partial charge in [-0.2, -0.15) is 0 Å². The van der Waals surface area contributed by atoms with E-state index in [9.17, 15) is 9.18 Å². The van der Waals surface area contributed by atoms with E-state index >= 15 is 0 Å². The van der Waals surface area contributed by atoms with E-state index in [-0.39, 0.29) is 24.1 Å². The van der Waals surface area contributed by atoms with Gasteiger partial charge in [0.15, 0.2) is 0 Å². The van der Waals surface area contributed by atoms with Crippen LogP contribution in [0.5, 0.6) is 5.75 Å². The van der Waals surface area contributed by atoms with Crippen molar-refractivity contribution >= 4 is 29.7 Å². The third-order valence-corrected chi connectivity index (χ3v) is 3.38. The lowest BCUT2D eigenvalue weighted by molar-refractivity contribution is -0.118. The van der Waals surface area contributed by atoms with E-state index in [1.807, 2.05) is 0 Å². The van der Waals surface area contributed by atoms with Gasteiger partial charge in [-0.05, 0) is 30.3 Å². The molecule has 1 unspecified atom stereocenters. The first-order chi connectivity index (χ1) is 9.61. The maximum absolute atomic E-state index is 13.0. The predicted molar refractivity (Wildman–Crippen MR) is 80.7 cm³/mol. The van der Waals surface area contributed by atoms with Crippen LogP contribution in [0.2, 0.25) is 0 Å². The molecule has 4 nitrogen and oxygen atoms in total. The van der Waals surface area contributed by atoms with Gasteiger partial charge < -0.3 is 10.5 Å². The molecule has 21 heavy (non-hydrogen) atoms. The van der Waals surface area contributed by atoms with E-state index < -0.39 is 6.04 Å². The summed E-state index contributed by atoms with van der Waals surface area (Å²) in [5.74, 6) is 0.0492. The van der Waals surface area contributed by atoms with E-state index in [1.54, 1.807) is 37.4 Å². The van der Waals surface area contributed by atoms with Crippen LogP contribution in [0.25, 0.3) is 0 Å². The normalized spacial score (nSPS) is 16.4. The maximum atomic E-state index is 13.0. The van der Waals surface area contributed by atoms with E-state index in [0.29, 0.717) is 17.1 Å². The average Bonchev–Trinajstić information content (AvgIpc) is 2.72. The molecule has 0 aliphatic carbocycles. The number of rotatable bonds is 2. The van der Waals surface area contributed by atoms with Crippen LogP contribution in [0.15, 0.2) is 42.5 Å². The monoisotopic (exact) mass is 308 g/mol. The van der Waals surface area contributed by atoms with Crippen molar-refractivity contribution in [1.29, 1.82) is 0 Å². The number of carbonyl (C=O) groups is 1. The topological polar surface area (TPSA) is 55.6 Å². The minimum atomic E-state index is -0.707. The third-order valence-electron chi connectivity index (χ3n) is 3.38. The van der Waals surface area contributed by atoms with Crippen molar-refractivity contribution in [2.75, 3.05) is 12.0 Å². The molecule has 0 saturated carbocycles.